The van der Waals surface area contributed by atoms with Gasteiger partial charge in [0.2, 0.25) is 5.78 Å². The minimum Gasteiger partial charge on any atom is -0.479 e. The normalized spacial score (nSPS) is 12.2. The number of aryl methyl sites for hydroxylation is 2. The molecular weight excluding hydrogens is 372 g/mol. The molecule has 0 saturated carbocycles. The van der Waals surface area contributed by atoms with Crippen LogP contribution in [0.5, 0.6) is 5.75 Å². The van der Waals surface area contributed by atoms with Crippen molar-refractivity contribution in [2.75, 3.05) is 0 Å². The Labute approximate surface area is 166 Å². The van der Waals surface area contributed by atoms with Crippen molar-refractivity contribution < 1.29 is 14.3 Å². The fourth-order valence-corrected chi connectivity index (χ4v) is 3.11. The first-order valence-corrected chi connectivity index (χ1v) is 9.17. The van der Waals surface area contributed by atoms with Gasteiger partial charge in [0.25, 0.3) is 5.56 Å². The third kappa shape index (κ3) is 3.44. The Morgan fingerprint density at radius 1 is 1.10 bits per heavy atom. The Kier molecular flexibility index (Phi) is 4.75. The number of aromatic nitrogens is 4. The number of hydrogen-bond acceptors (Lipinski definition) is 6. The van der Waals surface area contributed by atoms with E-state index in [1.54, 1.807) is 42.6 Å². The summed E-state index contributed by atoms with van der Waals surface area (Å²) >= 11 is 0. The van der Waals surface area contributed by atoms with Crippen LogP contribution in [0.4, 0.5) is 0 Å². The highest BCUT2D eigenvalue weighted by Crippen LogP contribution is 2.16. The first kappa shape index (κ1) is 18.7. The zero-order chi connectivity index (χ0) is 20.5. The van der Waals surface area contributed by atoms with Gasteiger partial charge in [-0.15, -0.1) is 10.2 Å². The van der Waals surface area contributed by atoms with E-state index in [0.29, 0.717) is 28.3 Å². The number of fused-ring (bicyclic) bond motifs is 3. The van der Waals surface area contributed by atoms with Crippen LogP contribution in [0.15, 0.2) is 53.3 Å². The van der Waals surface area contributed by atoms with Crippen molar-refractivity contribution in [2.45, 2.75) is 26.6 Å². The lowest BCUT2D eigenvalue weighted by Crippen LogP contribution is -2.26. The molecule has 148 valence electrons. The summed E-state index contributed by atoms with van der Waals surface area (Å²) < 4.78 is 14.2. The van der Waals surface area contributed by atoms with Crippen molar-refractivity contribution >= 4 is 22.6 Å². The molecule has 4 aromatic rings. The van der Waals surface area contributed by atoms with E-state index >= 15 is 0 Å². The largest absolute Gasteiger partial charge is 0.479 e. The SMILES string of the molecule is Cc1ccc(OC(C)C(=O)OCc2nnc3n(C)c(=O)c4ccccc4n23)cc1. The van der Waals surface area contributed by atoms with Gasteiger partial charge in [-0.1, -0.05) is 29.8 Å². The van der Waals surface area contributed by atoms with Crippen LogP contribution in [0.25, 0.3) is 16.7 Å². The lowest BCUT2D eigenvalue weighted by Gasteiger charge is -2.14. The molecule has 2 heterocycles. The van der Waals surface area contributed by atoms with Crippen LogP contribution < -0.4 is 10.3 Å². The van der Waals surface area contributed by atoms with E-state index in [9.17, 15) is 9.59 Å². The monoisotopic (exact) mass is 392 g/mol. The molecule has 8 heteroatoms. The molecule has 2 aromatic carbocycles. The number of ether oxygens (including phenoxy) is 2. The molecule has 0 aliphatic heterocycles. The molecule has 0 amide bonds. The molecule has 29 heavy (non-hydrogen) atoms. The molecule has 0 aliphatic rings. The molecule has 4 rings (SSSR count). The molecule has 8 nitrogen and oxygen atoms in total. The number of esters is 1. The zero-order valence-corrected chi connectivity index (χ0v) is 16.3. The summed E-state index contributed by atoms with van der Waals surface area (Å²) in [6.07, 6.45) is -0.780. The van der Waals surface area contributed by atoms with Crippen molar-refractivity contribution in [3.63, 3.8) is 0 Å². The van der Waals surface area contributed by atoms with Crippen LogP contribution in [0.2, 0.25) is 0 Å². The smallest absolute Gasteiger partial charge is 0.347 e. The van der Waals surface area contributed by atoms with E-state index in [4.69, 9.17) is 9.47 Å². The highest BCUT2D eigenvalue weighted by Gasteiger charge is 2.19. The van der Waals surface area contributed by atoms with Gasteiger partial charge in [-0.25, -0.2) is 4.79 Å². The zero-order valence-electron chi connectivity index (χ0n) is 16.3. The average Bonchev–Trinajstić information content (AvgIpc) is 3.16. The first-order valence-electron chi connectivity index (χ1n) is 9.17. The molecule has 1 atom stereocenters. The van der Waals surface area contributed by atoms with E-state index in [-0.39, 0.29) is 12.2 Å². The first-order chi connectivity index (χ1) is 14.0. The number of benzene rings is 2. The van der Waals surface area contributed by atoms with Gasteiger partial charge in [0, 0.05) is 7.05 Å². The Bertz CT molecular complexity index is 1260. The number of hydrogen-bond donors (Lipinski definition) is 0. The van der Waals surface area contributed by atoms with Gasteiger partial charge in [-0.05, 0) is 38.1 Å². The second kappa shape index (κ2) is 7.38. The fourth-order valence-electron chi connectivity index (χ4n) is 3.11. The van der Waals surface area contributed by atoms with Crippen LogP contribution >= 0.6 is 0 Å². The summed E-state index contributed by atoms with van der Waals surface area (Å²) in [5.74, 6) is 0.872. The van der Waals surface area contributed by atoms with Gasteiger partial charge in [0.15, 0.2) is 18.5 Å². The van der Waals surface area contributed by atoms with Gasteiger partial charge >= 0.3 is 5.97 Å². The van der Waals surface area contributed by atoms with E-state index in [1.807, 2.05) is 31.2 Å². The lowest BCUT2D eigenvalue weighted by molar-refractivity contribution is -0.152. The minimum absolute atomic E-state index is 0.0935. The molecule has 0 fully saturated rings. The van der Waals surface area contributed by atoms with Crippen molar-refractivity contribution in [1.82, 2.24) is 19.2 Å². The third-order valence-corrected chi connectivity index (χ3v) is 4.70. The molecule has 1 unspecified atom stereocenters. The molecule has 0 saturated heterocycles. The highest BCUT2D eigenvalue weighted by molar-refractivity contribution is 5.80. The molecule has 0 aliphatic carbocycles. The van der Waals surface area contributed by atoms with Crippen molar-refractivity contribution in [3.8, 4) is 5.75 Å². The predicted octanol–water partition coefficient (Wildman–Crippen LogP) is 2.40. The number of nitrogens with zero attached hydrogens (tertiary/aromatic N) is 4. The Balaban J connectivity index is 1.56. The van der Waals surface area contributed by atoms with Crippen LogP contribution in [0.1, 0.15) is 18.3 Å². The summed E-state index contributed by atoms with van der Waals surface area (Å²) in [5, 5.41) is 8.72. The number of para-hydroxylation sites is 1. The number of rotatable bonds is 5. The minimum atomic E-state index is -0.780. The van der Waals surface area contributed by atoms with E-state index in [2.05, 4.69) is 10.2 Å². The molecule has 0 bridgehead atoms. The highest BCUT2D eigenvalue weighted by atomic mass is 16.6. The van der Waals surface area contributed by atoms with E-state index < -0.39 is 12.1 Å². The maximum absolute atomic E-state index is 12.5. The van der Waals surface area contributed by atoms with Gasteiger partial charge in [0.1, 0.15) is 5.75 Å². The number of carbonyl (C=O) groups excluding carboxylic acids is 1. The average molecular weight is 392 g/mol. The summed E-state index contributed by atoms with van der Waals surface area (Å²) in [6.45, 7) is 3.51. The van der Waals surface area contributed by atoms with Gasteiger partial charge in [0.05, 0.1) is 10.9 Å². The van der Waals surface area contributed by atoms with Crippen LogP contribution in [-0.4, -0.2) is 31.2 Å². The number of carbonyl (C=O) groups is 1. The van der Waals surface area contributed by atoms with E-state index in [0.717, 1.165) is 5.56 Å². The Morgan fingerprint density at radius 2 is 1.83 bits per heavy atom. The summed E-state index contributed by atoms with van der Waals surface area (Å²) in [7, 11) is 1.63. The predicted molar refractivity (Wildman–Crippen MR) is 107 cm³/mol. The quantitative estimate of drug-likeness (QED) is 0.485. The maximum atomic E-state index is 12.5. The summed E-state index contributed by atoms with van der Waals surface area (Å²) in [5.41, 5.74) is 1.60. The van der Waals surface area contributed by atoms with Crippen molar-refractivity contribution in [2.24, 2.45) is 7.05 Å². The van der Waals surface area contributed by atoms with Crippen LogP contribution in [0.3, 0.4) is 0 Å². The Morgan fingerprint density at radius 3 is 2.59 bits per heavy atom. The topological polar surface area (TPSA) is 87.7 Å². The second-order valence-electron chi connectivity index (χ2n) is 6.81. The lowest BCUT2D eigenvalue weighted by atomic mass is 10.2. The molecular formula is C21H20N4O4. The van der Waals surface area contributed by atoms with Gasteiger partial charge < -0.3 is 9.47 Å². The van der Waals surface area contributed by atoms with Crippen molar-refractivity contribution in [1.29, 1.82) is 0 Å². The maximum Gasteiger partial charge on any atom is 0.347 e. The molecule has 0 N–H and O–H groups in total. The van der Waals surface area contributed by atoms with Crippen molar-refractivity contribution in [3.05, 3.63) is 70.3 Å². The standard InChI is InChI=1S/C21H20N4O4/c1-13-8-10-15(11-9-13)29-14(2)20(27)28-12-18-22-23-21-24(3)19(26)16-6-4-5-7-17(16)25(18)21/h4-11,14H,12H2,1-3H3. The molecule has 0 spiro atoms. The van der Waals surface area contributed by atoms with Gasteiger partial charge in [-0.2, -0.15) is 0 Å². The van der Waals surface area contributed by atoms with Crippen LogP contribution in [0, 0.1) is 6.92 Å². The fraction of sp³-hybridized carbons (Fsp3) is 0.238. The summed E-state index contributed by atoms with van der Waals surface area (Å²) in [4.78, 5) is 24.9. The van der Waals surface area contributed by atoms with Gasteiger partial charge in [-0.3, -0.25) is 13.8 Å². The second-order valence-corrected chi connectivity index (χ2v) is 6.81. The molecule has 0 radical (unpaired) electrons. The van der Waals surface area contributed by atoms with E-state index in [1.165, 1.54) is 4.57 Å². The molecule has 2 aromatic heterocycles. The summed E-state index contributed by atoms with van der Waals surface area (Å²) in [6, 6.07) is 14.6. The van der Waals surface area contributed by atoms with Crippen LogP contribution in [-0.2, 0) is 23.2 Å². The third-order valence-electron chi connectivity index (χ3n) is 4.70. The Hall–Kier alpha value is -3.68.